The fourth-order valence-electron chi connectivity index (χ4n) is 2.16. The zero-order valence-corrected chi connectivity index (χ0v) is 12.2. The average Bonchev–Trinajstić information content (AvgIpc) is 3.02. The Balaban J connectivity index is 1.87. The third kappa shape index (κ3) is 2.58. The molecular weight excluding hydrogens is 282 g/mol. The van der Waals surface area contributed by atoms with Crippen LogP contribution in [0, 0.1) is 0 Å². The smallest absolute Gasteiger partial charge is 0.255 e. The molecule has 0 aliphatic heterocycles. The third-order valence-electron chi connectivity index (χ3n) is 3.33. The number of pyridine rings is 1. The van der Waals surface area contributed by atoms with Crippen molar-refractivity contribution in [3.8, 4) is 11.5 Å². The highest BCUT2D eigenvalue weighted by Crippen LogP contribution is 2.29. The summed E-state index contributed by atoms with van der Waals surface area (Å²) in [5, 5.41) is 2.84. The second-order valence-electron chi connectivity index (χ2n) is 4.66. The number of ether oxygens (including phenoxy) is 2. The highest BCUT2D eigenvalue weighted by Gasteiger charge is 2.11. The van der Waals surface area contributed by atoms with Gasteiger partial charge in [0, 0.05) is 17.8 Å². The van der Waals surface area contributed by atoms with Gasteiger partial charge in [-0.05, 0) is 24.3 Å². The zero-order chi connectivity index (χ0) is 15.5. The fourth-order valence-corrected chi connectivity index (χ4v) is 2.16. The van der Waals surface area contributed by atoms with E-state index in [1.54, 1.807) is 63.3 Å². The number of imidazole rings is 1. The molecule has 2 heterocycles. The molecule has 0 aliphatic rings. The van der Waals surface area contributed by atoms with Crippen molar-refractivity contribution < 1.29 is 14.3 Å². The molecule has 6 heteroatoms. The number of nitrogens with one attached hydrogen (secondary N) is 1. The number of amides is 1. The summed E-state index contributed by atoms with van der Waals surface area (Å²) in [7, 11) is 3.12. The minimum Gasteiger partial charge on any atom is -0.497 e. The quantitative estimate of drug-likeness (QED) is 0.804. The lowest BCUT2D eigenvalue weighted by molar-refractivity contribution is 0.102. The Morgan fingerprint density at radius 2 is 2.05 bits per heavy atom. The van der Waals surface area contributed by atoms with Crippen LogP contribution in [-0.2, 0) is 0 Å². The van der Waals surface area contributed by atoms with Gasteiger partial charge in [0.2, 0.25) is 0 Å². The van der Waals surface area contributed by atoms with Crippen LogP contribution in [0.5, 0.6) is 11.5 Å². The molecule has 0 bridgehead atoms. The van der Waals surface area contributed by atoms with E-state index >= 15 is 0 Å². The first kappa shape index (κ1) is 13.9. The van der Waals surface area contributed by atoms with E-state index in [0.29, 0.717) is 22.7 Å². The highest BCUT2D eigenvalue weighted by molar-refractivity contribution is 6.05. The number of anilines is 1. The van der Waals surface area contributed by atoms with Gasteiger partial charge in [-0.25, -0.2) is 4.98 Å². The molecule has 6 nitrogen and oxygen atoms in total. The van der Waals surface area contributed by atoms with Crippen LogP contribution in [0.3, 0.4) is 0 Å². The predicted octanol–water partition coefficient (Wildman–Crippen LogP) is 2.60. The zero-order valence-electron chi connectivity index (χ0n) is 12.2. The molecule has 1 amide bonds. The number of carbonyl (C=O) groups is 1. The number of fused-ring (bicyclic) bond motifs is 1. The minimum absolute atomic E-state index is 0.216. The SMILES string of the molecule is COc1ccc(NC(=O)c2ccn3cncc3c2)c(OC)c1. The van der Waals surface area contributed by atoms with Crippen LogP contribution in [0.1, 0.15) is 10.4 Å². The maximum absolute atomic E-state index is 12.4. The monoisotopic (exact) mass is 297 g/mol. The van der Waals surface area contributed by atoms with Gasteiger partial charge in [-0.3, -0.25) is 4.79 Å². The van der Waals surface area contributed by atoms with Crippen molar-refractivity contribution in [3.63, 3.8) is 0 Å². The summed E-state index contributed by atoms with van der Waals surface area (Å²) in [4.78, 5) is 16.4. The van der Waals surface area contributed by atoms with Crippen LogP contribution >= 0.6 is 0 Å². The Bertz CT molecular complexity index is 826. The van der Waals surface area contributed by atoms with Crippen molar-refractivity contribution in [1.29, 1.82) is 0 Å². The molecule has 0 saturated carbocycles. The molecule has 3 rings (SSSR count). The summed E-state index contributed by atoms with van der Waals surface area (Å²) in [5.41, 5.74) is 1.99. The fraction of sp³-hybridized carbons (Fsp3) is 0.125. The van der Waals surface area contributed by atoms with Gasteiger partial charge in [0.05, 0.1) is 37.9 Å². The van der Waals surface area contributed by atoms with E-state index in [1.165, 1.54) is 0 Å². The molecule has 0 fully saturated rings. The van der Waals surface area contributed by atoms with Gasteiger partial charge in [0.15, 0.2) is 0 Å². The first-order chi connectivity index (χ1) is 10.7. The van der Waals surface area contributed by atoms with Crippen LogP contribution in [0.15, 0.2) is 49.1 Å². The van der Waals surface area contributed by atoms with Crippen LogP contribution in [-0.4, -0.2) is 29.5 Å². The molecule has 1 aromatic carbocycles. The van der Waals surface area contributed by atoms with Crippen molar-refractivity contribution in [2.24, 2.45) is 0 Å². The Morgan fingerprint density at radius 3 is 2.82 bits per heavy atom. The maximum Gasteiger partial charge on any atom is 0.255 e. The van der Waals surface area contributed by atoms with Gasteiger partial charge in [-0.15, -0.1) is 0 Å². The molecule has 0 spiro atoms. The first-order valence-corrected chi connectivity index (χ1v) is 6.66. The number of benzene rings is 1. The van der Waals surface area contributed by atoms with E-state index in [9.17, 15) is 4.79 Å². The Morgan fingerprint density at radius 1 is 1.18 bits per heavy atom. The Labute approximate surface area is 127 Å². The number of aromatic nitrogens is 2. The standard InChI is InChI=1S/C16H15N3O3/c1-21-13-3-4-14(15(8-13)22-2)18-16(20)11-5-6-19-10-17-9-12(19)7-11/h3-10H,1-2H3,(H,18,20). The van der Waals surface area contributed by atoms with E-state index in [4.69, 9.17) is 9.47 Å². The molecule has 22 heavy (non-hydrogen) atoms. The van der Waals surface area contributed by atoms with Crippen molar-refractivity contribution in [2.45, 2.75) is 0 Å². The number of nitrogens with zero attached hydrogens (tertiary/aromatic N) is 2. The lowest BCUT2D eigenvalue weighted by atomic mass is 10.2. The molecule has 0 unspecified atom stereocenters. The second-order valence-corrected chi connectivity index (χ2v) is 4.66. The van der Waals surface area contributed by atoms with E-state index in [1.807, 2.05) is 4.40 Å². The van der Waals surface area contributed by atoms with Crippen LogP contribution < -0.4 is 14.8 Å². The van der Waals surface area contributed by atoms with Gasteiger partial charge in [0.1, 0.15) is 11.5 Å². The van der Waals surface area contributed by atoms with Gasteiger partial charge < -0.3 is 19.2 Å². The number of methoxy groups -OCH3 is 2. The lowest BCUT2D eigenvalue weighted by Crippen LogP contribution is -2.13. The summed E-state index contributed by atoms with van der Waals surface area (Å²) in [6, 6.07) is 8.74. The second kappa shape index (κ2) is 5.77. The number of carbonyl (C=O) groups excluding carboxylic acids is 1. The topological polar surface area (TPSA) is 64.9 Å². The molecule has 0 aliphatic carbocycles. The van der Waals surface area contributed by atoms with Gasteiger partial charge >= 0.3 is 0 Å². The summed E-state index contributed by atoms with van der Waals surface area (Å²) in [6.07, 6.45) is 5.18. The molecule has 2 aromatic heterocycles. The molecule has 0 radical (unpaired) electrons. The third-order valence-corrected chi connectivity index (χ3v) is 3.33. The van der Waals surface area contributed by atoms with E-state index in [2.05, 4.69) is 10.3 Å². The van der Waals surface area contributed by atoms with Crippen LogP contribution in [0.25, 0.3) is 5.52 Å². The van der Waals surface area contributed by atoms with Gasteiger partial charge in [-0.1, -0.05) is 0 Å². The number of hydrogen-bond donors (Lipinski definition) is 1. The number of hydrogen-bond acceptors (Lipinski definition) is 4. The average molecular weight is 297 g/mol. The molecule has 3 aromatic rings. The predicted molar refractivity (Wildman–Crippen MR) is 82.7 cm³/mol. The van der Waals surface area contributed by atoms with E-state index in [-0.39, 0.29) is 5.91 Å². The van der Waals surface area contributed by atoms with Crippen molar-refractivity contribution in [1.82, 2.24) is 9.38 Å². The lowest BCUT2D eigenvalue weighted by Gasteiger charge is -2.11. The summed E-state index contributed by atoms with van der Waals surface area (Å²) in [6.45, 7) is 0. The molecule has 1 N–H and O–H groups in total. The Hall–Kier alpha value is -3.02. The summed E-state index contributed by atoms with van der Waals surface area (Å²) < 4.78 is 12.2. The van der Waals surface area contributed by atoms with Crippen molar-refractivity contribution in [2.75, 3.05) is 19.5 Å². The van der Waals surface area contributed by atoms with E-state index in [0.717, 1.165) is 5.52 Å². The summed E-state index contributed by atoms with van der Waals surface area (Å²) in [5.74, 6) is 0.987. The number of rotatable bonds is 4. The largest absolute Gasteiger partial charge is 0.497 e. The molecular formula is C16H15N3O3. The summed E-state index contributed by atoms with van der Waals surface area (Å²) >= 11 is 0. The van der Waals surface area contributed by atoms with Crippen molar-refractivity contribution in [3.05, 3.63) is 54.6 Å². The molecule has 112 valence electrons. The normalized spacial score (nSPS) is 10.5. The highest BCUT2D eigenvalue weighted by atomic mass is 16.5. The molecule has 0 atom stereocenters. The van der Waals surface area contributed by atoms with Crippen LogP contribution in [0.4, 0.5) is 5.69 Å². The van der Waals surface area contributed by atoms with Crippen LogP contribution in [0.2, 0.25) is 0 Å². The van der Waals surface area contributed by atoms with E-state index < -0.39 is 0 Å². The minimum atomic E-state index is -0.216. The van der Waals surface area contributed by atoms with Gasteiger partial charge in [0.25, 0.3) is 5.91 Å². The Kier molecular flexibility index (Phi) is 3.65. The first-order valence-electron chi connectivity index (χ1n) is 6.66. The van der Waals surface area contributed by atoms with Gasteiger partial charge in [-0.2, -0.15) is 0 Å². The maximum atomic E-state index is 12.4. The molecule has 0 saturated heterocycles. The van der Waals surface area contributed by atoms with Crippen molar-refractivity contribution >= 4 is 17.1 Å².